The van der Waals surface area contributed by atoms with Crippen molar-refractivity contribution < 1.29 is 13.2 Å². The van der Waals surface area contributed by atoms with Crippen LogP contribution in [-0.4, -0.2) is 20.4 Å². The normalized spacial score (nSPS) is 15.5. The second-order valence-electron chi connectivity index (χ2n) is 7.20. The largest absolute Gasteiger partial charge is 0.322 e. The van der Waals surface area contributed by atoms with Gasteiger partial charge >= 0.3 is 0 Å². The summed E-state index contributed by atoms with van der Waals surface area (Å²) < 4.78 is 28.2. The van der Waals surface area contributed by atoms with Crippen molar-refractivity contribution in [3.8, 4) is 0 Å². The molecule has 1 aliphatic rings. The zero-order chi connectivity index (χ0) is 19.4. The van der Waals surface area contributed by atoms with Crippen LogP contribution in [0.1, 0.15) is 53.6 Å². The molecule has 1 aliphatic carbocycles. The second-order valence-corrected chi connectivity index (χ2v) is 8.92. The molecule has 6 heteroatoms. The van der Waals surface area contributed by atoms with Crippen molar-refractivity contribution >= 4 is 21.6 Å². The van der Waals surface area contributed by atoms with Crippen molar-refractivity contribution in [1.29, 1.82) is 0 Å². The van der Waals surface area contributed by atoms with Crippen LogP contribution >= 0.6 is 0 Å². The van der Waals surface area contributed by atoms with Gasteiger partial charge < -0.3 is 5.32 Å². The summed E-state index contributed by atoms with van der Waals surface area (Å²) in [6.07, 6.45) is 4.99. The standard InChI is InChI=1S/C21H26N2O3S/c1-15-8-6-9-16(2)20(15)22-21(24)17-10-7-13-19(14-17)27(25,26)23-18-11-4-3-5-12-18/h6-10,13-14,18,23H,3-5,11-12H2,1-2H3,(H,22,24). The van der Waals surface area contributed by atoms with Crippen LogP contribution in [0.5, 0.6) is 0 Å². The quantitative estimate of drug-likeness (QED) is 0.810. The highest BCUT2D eigenvalue weighted by atomic mass is 32.2. The molecule has 0 unspecified atom stereocenters. The number of para-hydroxylation sites is 1. The van der Waals surface area contributed by atoms with Crippen LogP contribution in [0.2, 0.25) is 0 Å². The van der Waals surface area contributed by atoms with Crippen LogP contribution in [0, 0.1) is 13.8 Å². The van der Waals surface area contributed by atoms with E-state index in [4.69, 9.17) is 0 Å². The Bertz CT molecular complexity index is 912. The van der Waals surface area contributed by atoms with Gasteiger partial charge in [0.25, 0.3) is 5.91 Å². The van der Waals surface area contributed by atoms with E-state index in [0.717, 1.165) is 48.9 Å². The Kier molecular flexibility index (Phi) is 5.97. The third-order valence-electron chi connectivity index (χ3n) is 5.05. The molecule has 0 spiro atoms. The van der Waals surface area contributed by atoms with Crippen LogP contribution in [0.4, 0.5) is 5.69 Å². The van der Waals surface area contributed by atoms with Crippen LogP contribution in [0.15, 0.2) is 47.4 Å². The highest BCUT2D eigenvalue weighted by Crippen LogP contribution is 2.22. The lowest BCUT2D eigenvalue weighted by Crippen LogP contribution is -2.36. The number of rotatable bonds is 5. The number of carbonyl (C=O) groups is 1. The lowest BCUT2D eigenvalue weighted by atomic mass is 9.96. The van der Waals surface area contributed by atoms with Crippen LogP contribution < -0.4 is 10.0 Å². The number of amides is 1. The average molecular weight is 387 g/mol. The minimum Gasteiger partial charge on any atom is -0.322 e. The lowest BCUT2D eigenvalue weighted by Gasteiger charge is -2.22. The number of nitrogens with one attached hydrogen (secondary N) is 2. The summed E-state index contributed by atoms with van der Waals surface area (Å²) >= 11 is 0. The molecule has 1 amide bonds. The molecule has 0 saturated heterocycles. The van der Waals surface area contributed by atoms with E-state index in [1.54, 1.807) is 12.1 Å². The minimum atomic E-state index is -3.64. The first-order valence-electron chi connectivity index (χ1n) is 9.37. The molecule has 0 radical (unpaired) electrons. The van der Waals surface area contributed by atoms with Gasteiger partial charge in [-0.1, -0.05) is 43.5 Å². The summed E-state index contributed by atoms with van der Waals surface area (Å²) in [5.74, 6) is -0.317. The summed E-state index contributed by atoms with van der Waals surface area (Å²) in [7, 11) is -3.64. The van der Waals surface area contributed by atoms with Crippen molar-refractivity contribution in [2.75, 3.05) is 5.32 Å². The molecule has 0 aliphatic heterocycles. The van der Waals surface area contributed by atoms with E-state index in [1.807, 2.05) is 32.0 Å². The third kappa shape index (κ3) is 4.76. The van der Waals surface area contributed by atoms with Crippen molar-refractivity contribution in [2.45, 2.75) is 56.9 Å². The van der Waals surface area contributed by atoms with Crippen LogP contribution in [-0.2, 0) is 10.0 Å². The van der Waals surface area contributed by atoms with Crippen LogP contribution in [0.25, 0.3) is 0 Å². The van der Waals surface area contributed by atoms with Crippen molar-refractivity contribution in [2.24, 2.45) is 0 Å². The highest BCUT2D eigenvalue weighted by molar-refractivity contribution is 7.89. The molecule has 2 N–H and O–H groups in total. The highest BCUT2D eigenvalue weighted by Gasteiger charge is 2.22. The number of anilines is 1. The molecular weight excluding hydrogens is 360 g/mol. The van der Waals surface area contributed by atoms with Gasteiger partial charge in [-0.2, -0.15) is 0 Å². The summed E-state index contributed by atoms with van der Waals surface area (Å²) in [5, 5.41) is 2.90. The predicted octanol–water partition coefficient (Wildman–Crippen LogP) is 4.17. The Hall–Kier alpha value is -2.18. The Labute approximate surface area is 161 Å². The molecule has 0 bridgehead atoms. The maximum absolute atomic E-state index is 12.7. The fraction of sp³-hybridized carbons (Fsp3) is 0.381. The van der Waals surface area contributed by atoms with Gasteiger partial charge in [-0.05, 0) is 56.0 Å². The first kappa shape index (κ1) is 19.6. The van der Waals surface area contributed by atoms with Crippen molar-refractivity contribution in [3.63, 3.8) is 0 Å². The second kappa shape index (κ2) is 8.23. The first-order chi connectivity index (χ1) is 12.9. The minimum absolute atomic E-state index is 0.0177. The molecule has 3 rings (SSSR count). The van der Waals surface area contributed by atoms with E-state index in [1.165, 1.54) is 12.1 Å². The Morgan fingerprint density at radius 3 is 2.26 bits per heavy atom. The zero-order valence-corrected chi connectivity index (χ0v) is 16.6. The molecule has 27 heavy (non-hydrogen) atoms. The number of aryl methyl sites for hydroxylation is 2. The van der Waals surface area contributed by atoms with E-state index in [-0.39, 0.29) is 16.8 Å². The van der Waals surface area contributed by atoms with E-state index >= 15 is 0 Å². The molecule has 5 nitrogen and oxygen atoms in total. The molecule has 2 aromatic rings. The monoisotopic (exact) mass is 386 g/mol. The van der Waals surface area contributed by atoms with Gasteiger partial charge in [0.05, 0.1) is 4.90 Å². The average Bonchev–Trinajstić information content (AvgIpc) is 2.65. The Morgan fingerprint density at radius 2 is 1.59 bits per heavy atom. The summed E-state index contributed by atoms with van der Waals surface area (Å²) in [5.41, 5.74) is 3.01. The first-order valence-corrected chi connectivity index (χ1v) is 10.8. The number of sulfonamides is 1. The summed E-state index contributed by atoms with van der Waals surface area (Å²) in [6.45, 7) is 3.86. The molecule has 0 heterocycles. The van der Waals surface area contributed by atoms with E-state index in [2.05, 4.69) is 10.0 Å². The predicted molar refractivity (Wildman–Crippen MR) is 108 cm³/mol. The SMILES string of the molecule is Cc1cccc(C)c1NC(=O)c1cccc(S(=O)(=O)NC2CCCCC2)c1. The van der Waals surface area contributed by atoms with E-state index < -0.39 is 10.0 Å². The smallest absolute Gasteiger partial charge is 0.255 e. The van der Waals surface area contributed by atoms with Crippen molar-refractivity contribution in [3.05, 3.63) is 59.2 Å². The van der Waals surface area contributed by atoms with Gasteiger partial charge in [-0.3, -0.25) is 4.79 Å². The fourth-order valence-corrected chi connectivity index (χ4v) is 4.86. The molecule has 1 saturated carbocycles. The molecule has 0 aromatic heterocycles. The molecular formula is C21H26N2O3S. The van der Waals surface area contributed by atoms with Gasteiger partial charge in [0.15, 0.2) is 0 Å². The topological polar surface area (TPSA) is 75.3 Å². The van der Waals surface area contributed by atoms with E-state index in [0.29, 0.717) is 5.56 Å². The van der Waals surface area contributed by atoms with Gasteiger partial charge in [-0.15, -0.1) is 0 Å². The Morgan fingerprint density at radius 1 is 0.963 bits per heavy atom. The van der Waals surface area contributed by atoms with Crippen molar-refractivity contribution in [1.82, 2.24) is 4.72 Å². The van der Waals surface area contributed by atoms with Crippen LogP contribution in [0.3, 0.4) is 0 Å². The van der Waals surface area contributed by atoms with Gasteiger partial charge in [0.1, 0.15) is 0 Å². The third-order valence-corrected chi connectivity index (χ3v) is 6.57. The lowest BCUT2D eigenvalue weighted by molar-refractivity contribution is 0.102. The number of benzene rings is 2. The molecule has 2 aromatic carbocycles. The molecule has 144 valence electrons. The Balaban J connectivity index is 1.79. The van der Waals surface area contributed by atoms with E-state index in [9.17, 15) is 13.2 Å². The number of hydrogen-bond acceptors (Lipinski definition) is 3. The zero-order valence-electron chi connectivity index (χ0n) is 15.8. The summed E-state index contributed by atoms with van der Waals surface area (Å²) in [4.78, 5) is 12.8. The van der Waals surface area contributed by atoms with Gasteiger partial charge in [0, 0.05) is 17.3 Å². The van der Waals surface area contributed by atoms with Gasteiger partial charge in [-0.25, -0.2) is 13.1 Å². The van der Waals surface area contributed by atoms with Gasteiger partial charge in [0.2, 0.25) is 10.0 Å². The maximum Gasteiger partial charge on any atom is 0.255 e. The summed E-state index contributed by atoms with van der Waals surface area (Å²) in [6, 6.07) is 12.0. The number of hydrogen-bond donors (Lipinski definition) is 2. The molecule has 1 fully saturated rings. The fourth-order valence-electron chi connectivity index (χ4n) is 3.51. The maximum atomic E-state index is 12.7. The number of carbonyl (C=O) groups excluding carboxylic acids is 1. The molecule has 0 atom stereocenters.